The number of aromatic nitrogens is 7. The van der Waals surface area contributed by atoms with E-state index in [1.807, 2.05) is 24.3 Å². The minimum atomic E-state index is 0.255. The summed E-state index contributed by atoms with van der Waals surface area (Å²) in [5, 5.41) is 5.34. The van der Waals surface area contributed by atoms with Crippen molar-refractivity contribution in [2.75, 3.05) is 43.4 Å². The highest BCUT2D eigenvalue weighted by atomic mass is 16.5. The van der Waals surface area contributed by atoms with E-state index >= 15 is 0 Å². The van der Waals surface area contributed by atoms with Crippen LogP contribution in [0.5, 0.6) is 5.88 Å². The third kappa shape index (κ3) is 4.08. The van der Waals surface area contributed by atoms with Gasteiger partial charge in [-0.3, -0.25) is 4.90 Å². The first-order chi connectivity index (χ1) is 18.2. The molecule has 37 heavy (non-hydrogen) atoms. The van der Waals surface area contributed by atoms with Crippen molar-refractivity contribution in [3.8, 4) is 17.5 Å². The van der Waals surface area contributed by atoms with E-state index in [9.17, 15) is 0 Å². The lowest BCUT2D eigenvalue weighted by Gasteiger charge is -2.46. The number of nitrogens with zero attached hydrogens (tertiary/aromatic N) is 9. The molecule has 2 atom stereocenters. The van der Waals surface area contributed by atoms with Crippen molar-refractivity contribution in [3.63, 3.8) is 0 Å². The third-order valence-electron chi connectivity index (χ3n) is 7.21. The van der Waals surface area contributed by atoms with Gasteiger partial charge < -0.3 is 19.8 Å². The Kier molecular flexibility index (Phi) is 5.31. The zero-order valence-corrected chi connectivity index (χ0v) is 20.1. The number of nitrogen functional groups attached to an aromatic ring is 1. The molecule has 0 amide bonds. The molecule has 2 aliphatic rings. The van der Waals surface area contributed by atoms with Crippen LogP contribution in [0.1, 0.15) is 12.8 Å². The molecular weight excluding hydrogens is 472 g/mol. The van der Waals surface area contributed by atoms with Crippen molar-refractivity contribution >= 4 is 28.6 Å². The summed E-state index contributed by atoms with van der Waals surface area (Å²) in [6.45, 7) is 4.24. The highest BCUT2D eigenvalue weighted by Gasteiger charge is 2.34. The SMILES string of the molecule is Nc1nc(N2CCN3C[C@@H](COc4ncnc5ccccc45)CC[C@H]3C2)nc2nc(-c3ccco3)nn12. The summed E-state index contributed by atoms with van der Waals surface area (Å²) >= 11 is 0. The molecule has 2 fully saturated rings. The maximum atomic E-state index is 6.22. The van der Waals surface area contributed by atoms with Gasteiger partial charge in [-0.15, -0.1) is 5.10 Å². The van der Waals surface area contributed by atoms with Crippen LogP contribution in [0.3, 0.4) is 0 Å². The van der Waals surface area contributed by atoms with Crippen LogP contribution in [0, 0.1) is 5.92 Å². The fourth-order valence-electron chi connectivity index (χ4n) is 5.31. The molecule has 2 N–H and O–H groups in total. The lowest BCUT2D eigenvalue weighted by molar-refractivity contribution is 0.0719. The highest BCUT2D eigenvalue weighted by molar-refractivity contribution is 5.82. The summed E-state index contributed by atoms with van der Waals surface area (Å²) in [5.74, 6) is 3.36. The van der Waals surface area contributed by atoms with Gasteiger partial charge in [0, 0.05) is 38.1 Å². The Morgan fingerprint density at radius 1 is 1.00 bits per heavy atom. The summed E-state index contributed by atoms with van der Waals surface area (Å²) in [7, 11) is 0. The van der Waals surface area contributed by atoms with Gasteiger partial charge in [-0.1, -0.05) is 12.1 Å². The molecule has 0 radical (unpaired) electrons. The molecule has 2 saturated heterocycles. The van der Waals surface area contributed by atoms with E-state index in [0.717, 1.165) is 49.9 Å². The number of fused-ring (bicyclic) bond motifs is 3. The number of rotatable bonds is 5. The van der Waals surface area contributed by atoms with E-state index in [1.165, 1.54) is 4.52 Å². The maximum Gasteiger partial charge on any atom is 0.259 e. The van der Waals surface area contributed by atoms with Crippen LogP contribution in [-0.2, 0) is 0 Å². The average Bonchev–Trinajstić information content (AvgIpc) is 3.62. The van der Waals surface area contributed by atoms with Crippen LogP contribution in [0.2, 0.25) is 0 Å². The first kappa shape index (κ1) is 21.9. The Balaban J connectivity index is 1.01. The van der Waals surface area contributed by atoms with Crippen molar-refractivity contribution in [2.24, 2.45) is 5.92 Å². The van der Waals surface area contributed by atoms with Gasteiger partial charge in [-0.25, -0.2) is 9.97 Å². The van der Waals surface area contributed by atoms with Crippen molar-refractivity contribution in [3.05, 3.63) is 49.0 Å². The van der Waals surface area contributed by atoms with Gasteiger partial charge in [0.1, 0.15) is 6.33 Å². The first-order valence-corrected chi connectivity index (χ1v) is 12.5. The molecule has 0 saturated carbocycles. The van der Waals surface area contributed by atoms with Gasteiger partial charge in [0.2, 0.25) is 23.6 Å². The molecule has 188 valence electrons. The molecule has 4 aromatic heterocycles. The molecule has 2 aliphatic heterocycles. The Hall–Kier alpha value is -4.32. The fourth-order valence-corrected chi connectivity index (χ4v) is 5.31. The molecule has 12 nitrogen and oxygen atoms in total. The number of hydrogen-bond acceptors (Lipinski definition) is 11. The molecular formula is C25H26N10O2. The predicted octanol–water partition coefficient (Wildman–Crippen LogP) is 2.28. The second-order valence-corrected chi connectivity index (χ2v) is 9.55. The number of hydrogen-bond donors (Lipinski definition) is 1. The van der Waals surface area contributed by atoms with E-state index in [1.54, 1.807) is 24.7 Å². The Morgan fingerprint density at radius 2 is 1.95 bits per heavy atom. The van der Waals surface area contributed by atoms with E-state index in [-0.39, 0.29) is 5.95 Å². The second kappa shape index (κ2) is 8.96. The lowest BCUT2D eigenvalue weighted by atomic mass is 9.91. The number of piperidine rings is 1. The van der Waals surface area contributed by atoms with Crippen LogP contribution in [0.15, 0.2) is 53.4 Å². The summed E-state index contributed by atoms with van der Waals surface area (Å²) < 4.78 is 13.0. The van der Waals surface area contributed by atoms with Gasteiger partial charge in [0.15, 0.2) is 5.76 Å². The molecule has 1 aromatic carbocycles. The monoisotopic (exact) mass is 498 g/mol. The molecule has 5 aromatic rings. The zero-order valence-electron chi connectivity index (χ0n) is 20.1. The number of ether oxygens (including phenoxy) is 1. The van der Waals surface area contributed by atoms with Crippen molar-refractivity contribution < 1.29 is 9.15 Å². The molecule has 6 heterocycles. The van der Waals surface area contributed by atoms with Gasteiger partial charge >= 0.3 is 0 Å². The van der Waals surface area contributed by atoms with E-state index in [4.69, 9.17) is 14.9 Å². The van der Waals surface area contributed by atoms with Crippen LogP contribution in [0.25, 0.3) is 28.3 Å². The largest absolute Gasteiger partial charge is 0.477 e. The molecule has 0 aliphatic carbocycles. The molecule has 7 rings (SSSR count). The molecule has 0 spiro atoms. The number of para-hydroxylation sites is 1. The van der Waals surface area contributed by atoms with Gasteiger partial charge in [-0.2, -0.15) is 19.5 Å². The second-order valence-electron chi connectivity index (χ2n) is 9.55. The average molecular weight is 499 g/mol. The Labute approximate surface area is 212 Å². The maximum absolute atomic E-state index is 6.22. The molecule has 12 heteroatoms. The Morgan fingerprint density at radius 3 is 2.86 bits per heavy atom. The van der Waals surface area contributed by atoms with E-state index in [0.29, 0.717) is 47.8 Å². The summed E-state index contributed by atoms with van der Waals surface area (Å²) in [6, 6.07) is 12.0. The molecule has 0 bridgehead atoms. The number of anilines is 2. The Bertz CT molecular complexity index is 1550. The number of furan rings is 1. The zero-order chi connectivity index (χ0) is 24.8. The first-order valence-electron chi connectivity index (χ1n) is 12.5. The normalized spacial score (nSPS) is 20.4. The predicted molar refractivity (Wildman–Crippen MR) is 136 cm³/mol. The van der Waals surface area contributed by atoms with E-state index < -0.39 is 0 Å². The summed E-state index contributed by atoms with van der Waals surface area (Å²) in [6.07, 6.45) is 5.33. The van der Waals surface area contributed by atoms with Crippen LogP contribution >= 0.6 is 0 Å². The van der Waals surface area contributed by atoms with E-state index in [2.05, 4.69) is 39.8 Å². The minimum absolute atomic E-state index is 0.255. The van der Waals surface area contributed by atoms with Gasteiger partial charge in [0.25, 0.3) is 5.78 Å². The van der Waals surface area contributed by atoms with Crippen molar-refractivity contribution in [2.45, 2.75) is 18.9 Å². The van der Waals surface area contributed by atoms with Gasteiger partial charge in [-0.05, 0) is 37.1 Å². The topological polar surface area (TPSA) is 137 Å². The molecule has 0 unspecified atom stereocenters. The smallest absolute Gasteiger partial charge is 0.259 e. The third-order valence-corrected chi connectivity index (χ3v) is 7.21. The van der Waals surface area contributed by atoms with Crippen LogP contribution in [0.4, 0.5) is 11.9 Å². The highest BCUT2D eigenvalue weighted by Crippen LogP contribution is 2.29. The van der Waals surface area contributed by atoms with Crippen molar-refractivity contribution in [1.82, 2.24) is 39.4 Å². The van der Waals surface area contributed by atoms with Crippen LogP contribution in [-0.4, -0.2) is 78.3 Å². The summed E-state index contributed by atoms with van der Waals surface area (Å²) in [5.41, 5.74) is 7.11. The van der Waals surface area contributed by atoms with Crippen LogP contribution < -0.4 is 15.4 Å². The van der Waals surface area contributed by atoms with Crippen molar-refractivity contribution in [1.29, 1.82) is 0 Å². The van der Waals surface area contributed by atoms with Gasteiger partial charge in [0.05, 0.1) is 23.8 Å². The number of nitrogens with two attached hydrogens (primary N) is 1. The standard InChI is InChI=1S/C25H26N10O2/c26-23-30-24(31-25-29-21(32-35(23)25)20-6-3-11-36-20)34-10-9-33-12-16(7-8-17(33)13-34)14-37-22-18-4-1-2-5-19(18)27-15-28-22/h1-6,11,15-17H,7-10,12-14H2,(H2,26,29,30,31,32)/t16-,17-/m0/s1. The lowest BCUT2D eigenvalue weighted by Crippen LogP contribution is -2.57. The number of piperazine rings is 1. The summed E-state index contributed by atoms with van der Waals surface area (Å²) in [4.78, 5) is 27.1. The number of benzene rings is 1. The minimum Gasteiger partial charge on any atom is -0.477 e. The quantitative estimate of drug-likeness (QED) is 0.382. The fraction of sp³-hybridized carbons (Fsp3) is 0.360.